The van der Waals surface area contributed by atoms with Crippen LogP contribution in [0.3, 0.4) is 0 Å². The van der Waals surface area contributed by atoms with Crippen molar-refractivity contribution in [3.8, 4) is 0 Å². The largest absolute Gasteiger partial charge is 0.391 e. The van der Waals surface area contributed by atoms with Crippen LogP contribution in [0.15, 0.2) is 0 Å². The lowest BCUT2D eigenvalue weighted by Crippen LogP contribution is -2.39. The molecule has 0 spiro atoms. The van der Waals surface area contributed by atoms with E-state index in [1.54, 1.807) is 7.11 Å². The maximum Gasteiger partial charge on any atom is 0.0721 e. The fourth-order valence-corrected chi connectivity index (χ4v) is 2.17. The first-order valence-corrected chi connectivity index (χ1v) is 5.51. The van der Waals surface area contributed by atoms with E-state index >= 15 is 0 Å². The Balaban J connectivity index is 2.51. The Kier molecular flexibility index (Phi) is 4.35. The van der Waals surface area contributed by atoms with E-state index in [2.05, 4.69) is 25.8 Å². The fourth-order valence-electron chi connectivity index (χ4n) is 2.17. The zero-order valence-electron chi connectivity index (χ0n) is 9.73. The number of likely N-dealkylation sites (N-methyl/N-ethyl adjacent to an activating group) is 1. The molecule has 1 saturated heterocycles. The summed E-state index contributed by atoms with van der Waals surface area (Å²) in [6, 6.07) is 0.273. The van der Waals surface area contributed by atoms with Crippen LogP contribution in [0.1, 0.15) is 26.7 Å². The highest BCUT2D eigenvalue weighted by molar-refractivity contribution is 4.90. The van der Waals surface area contributed by atoms with Gasteiger partial charge in [0.25, 0.3) is 0 Å². The van der Waals surface area contributed by atoms with E-state index < -0.39 is 0 Å². The molecule has 0 aliphatic carbocycles. The molecule has 1 rings (SSSR count). The molecular weight excluding hydrogens is 178 g/mol. The molecule has 14 heavy (non-hydrogen) atoms. The van der Waals surface area contributed by atoms with Crippen LogP contribution >= 0.6 is 0 Å². The van der Waals surface area contributed by atoms with Crippen LogP contribution in [-0.4, -0.2) is 49.0 Å². The van der Waals surface area contributed by atoms with Crippen LogP contribution in [0, 0.1) is 5.92 Å². The maximum atomic E-state index is 10.1. The second kappa shape index (κ2) is 5.10. The van der Waals surface area contributed by atoms with Crippen LogP contribution in [0.5, 0.6) is 0 Å². The number of methoxy groups -OCH3 is 1. The average Bonchev–Trinajstić information content (AvgIpc) is 2.57. The van der Waals surface area contributed by atoms with Gasteiger partial charge >= 0.3 is 0 Å². The number of hydrogen-bond donors (Lipinski definition) is 1. The summed E-state index contributed by atoms with van der Waals surface area (Å²) in [4.78, 5) is 2.21. The predicted molar refractivity (Wildman–Crippen MR) is 57.3 cm³/mol. The molecule has 1 fully saturated rings. The molecule has 1 N–H and O–H groups in total. The third-order valence-electron chi connectivity index (χ3n) is 3.52. The van der Waals surface area contributed by atoms with Gasteiger partial charge in [-0.1, -0.05) is 20.3 Å². The minimum atomic E-state index is -0.217. The van der Waals surface area contributed by atoms with E-state index in [4.69, 9.17) is 4.74 Å². The molecule has 0 saturated carbocycles. The Hall–Kier alpha value is -0.120. The summed E-state index contributed by atoms with van der Waals surface area (Å²) in [5.74, 6) is 0.373. The molecule has 0 aromatic heterocycles. The molecule has 0 aromatic rings. The van der Waals surface area contributed by atoms with E-state index in [9.17, 15) is 5.11 Å². The van der Waals surface area contributed by atoms with Crippen molar-refractivity contribution in [1.82, 2.24) is 4.90 Å². The molecule has 84 valence electrons. The molecule has 1 aliphatic rings. The first-order valence-electron chi connectivity index (χ1n) is 5.51. The van der Waals surface area contributed by atoms with Crippen molar-refractivity contribution >= 4 is 0 Å². The smallest absolute Gasteiger partial charge is 0.0721 e. The Morgan fingerprint density at radius 1 is 1.57 bits per heavy atom. The topological polar surface area (TPSA) is 32.7 Å². The summed E-state index contributed by atoms with van der Waals surface area (Å²) in [5, 5.41) is 10.1. The Morgan fingerprint density at radius 2 is 2.21 bits per heavy atom. The highest BCUT2D eigenvalue weighted by Crippen LogP contribution is 2.25. The molecular formula is C11H23NO2. The molecule has 4 atom stereocenters. The third kappa shape index (κ3) is 2.47. The summed E-state index contributed by atoms with van der Waals surface area (Å²) in [6.07, 6.45) is 2.07. The number of rotatable bonds is 4. The van der Waals surface area contributed by atoms with E-state index in [0.29, 0.717) is 12.0 Å². The molecule has 0 radical (unpaired) electrons. The second-order valence-corrected chi connectivity index (χ2v) is 4.48. The number of aliphatic hydroxyl groups is 1. The van der Waals surface area contributed by atoms with Gasteiger partial charge in [-0.25, -0.2) is 0 Å². The van der Waals surface area contributed by atoms with Crippen molar-refractivity contribution in [2.24, 2.45) is 5.92 Å². The van der Waals surface area contributed by atoms with Crippen molar-refractivity contribution in [3.63, 3.8) is 0 Å². The molecule has 0 bridgehead atoms. The quantitative estimate of drug-likeness (QED) is 0.739. The minimum Gasteiger partial charge on any atom is -0.391 e. The first kappa shape index (κ1) is 12.0. The zero-order valence-corrected chi connectivity index (χ0v) is 9.73. The number of aliphatic hydroxyl groups excluding tert-OH is 1. The lowest BCUT2D eigenvalue weighted by molar-refractivity contribution is 0.0405. The number of nitrogens with zero attached hydrogens (tertiary/aromatic N) is 1. The summed E-state index contributed by atoms with van der Waals surface area (Å²) in [5.41, 5.74) is 0. The summed E-state index contributed by atoms with van der Waals surface area (Å²) < 4.78 is 5.32. The van der Waals surface area contributed by atoms with Gasteiger partial charge < -0.3 is 9.84 Å². The van der Waals surface area contributed by atoms with E-state index in [-0.39, 0.29) is 12.1 Å². The highest BCUT2D eigenvalue weighted by atomic mass is 16.5. The summed E-state index contributed by atoms with van der Waals surface area (Å²) in [7, 11) is 3.81. The lowest BCUT2D eigenvalue weighted by atomic mass is 9.94. The van der Waals surface area contributed by atoms with Gasteiger partial charge in [0.05, 0.1) is 12.2 Å². The molecule has 0 aromatic carbocycles. The minimum absolute atomic E-state index is 0.217. The van der Waals surface area contributed by atoms with E-state index in [1.807, 2.05) is 0 Å². The third-order valence-corrected chi connectivity index (χ3v) is 3.52. The fraction of sp³-hybridized carbons (Fsp3) is 1.00. The van der Waals surface area contributed by atoms with Gasteiger partial charge in [0.1, 0.15) is 0 Å². The molecule has 3 nitrogen and oxygen atoms in total. The van der Waals surface area contributed by atoms with Gasteiger partial charge in [0, 0.05) is 19.7 Å². The zero-order chi connectivity index (χ0) is 10.7. The summed E-state index contributed by atoms with van der Waals surface area (Å²) >= 11 is 0. The summed E-state index contributed by atoms with van der Waals surface area (Å²) in [6.45, 7) is 5.17. The van der Waals surface area contributed by atoms with Crippen LogP contribution in [-0.2, 0) is 4.74 Å². The highest BCUT2D eigenvalue weighted by Gasteiger charge is 2.35. The Bertz CT molecular complexity index is 175. The van der Waals surface area contributed by atoms with Crippen molar-refractivity contribution in [2.75, 3.05) is 20.7 Å². The van der Waals surface area contributed by atoms with Crippen molar-refractivity contribution in [1.29, 1.82) is 0 Å². The Labute approximate surface area is 87.1 Å². The SMILES string of the molecule is CC[C@@H](C)C(O)[C@@H]1CC(OC)CN1C. The maximum absolute atomic E-state index is 10.1. The van der Waals surface area contributed by atoms with E-state index in [0.717, 1.165) is 19.4 Å². The molecule has 0 amide bonds. The van der Waals surface area contributed by atoms with Gasteiger partial charge in [0.15, 0.2) is 0 Å². The molecule has 1 aliphatic heterocycles. The molecule has 2 unspecified atom stereocenters. The van der Waals surface area contributed by atoms with Crippen molar-refractivity contribution in [2.45, 2.75) is 44.9 Å². The van der Waals surface area contributed by atoms with Crippen LogP contribution in [0.4, 0.5) is 0 Å². The number of likely N-dealkylation sites (tertiary alicyclic amines) is 1. The number of ether oxygens (including phenoxy) is 1. The van der Waals surface area contributed by atoms with Gasteiger partial charge in [0.2, 0.25) is 0 Å². The van der Waals surface area contributed by atoms with Gasteiger partial charge in [-0.15, -0.1) is 0 Å². The van der Waals surface area contributed by atoms with Crippen LogP contribution < -0.4 is 0 Å². The molecule has 1 heterocycles. The average molecular weight is 201 g/mol. The van der Waals surface area contributed by atoms with E-state index in [1.165, 1.54) is 0 Å². The second-order valence-electron chi connectivity index (χ2n) is 4.48. The van der Waals surface area contributed by atoms with Gasteiger partial charge in [-0.05, 0) is 19.4 Å². The van der Waals surface area contributed by atoms with Crippen molar-refractivity contribution < 1.29 is 9.84 Å². The van der Waals surface area contributed by atoms with Gasteiger partial charge in [-0.2, -0.15) is 0 Å². The number of hydrogen-bond acceptors (Lipinski definition) is 3. The Morgan fingerprint density at radius 3 is 2.64 bits per heavy atom. The molecule has 3 heteroatoms. The standard InChI is InChI=1S/C11H23NO2/c1-5-8(2)11(13)10-6-9(14-4)7-12(10)3/h8-11,13H,5-7H2,1-4H3/t8-,9?,10+,11?/m1/s1. The normalized spacial score (nSPS) is 33.2. The van der Waals surface area contributed by atoms with Crippen LogP contribution in [0.25, 0.3) is 0 Å². The predicted octanol–water partition coefficient (Wildman–Crippen LogP) is 1.11. The van der Waals surface area contributed by atoms with Gasteiger partial charge in [-0.3, -0.25) is 4.90 Å². The van der Waals surface area contributed by atoms with Crippen LogP contribution in [0.2, 0.25) is 0 Å². The lowest BCUT2D eigenvalue weighted by Gasteiger charge is -2.28. The van der Waals surface area contributed by atoms with Crippen molar-refractivity contribution in [3.05, 3.63) is 0 Å². The monoisotopic (exact) mass is 201 g/mol. The first-order chi connectivity index (χ1) is 6.60.